The second kappa shape index (κ2) is 5.97. The molecule has 1 aliphatic heterocycles. The minimum Gasteiger partial charge on any atom is -0.772 e. The van der Waals surface area contributed by atoms with Gasteiger partial charge >= 0.3 is 5.97 Å². The lowest BCUT2D eigenvalue weighted by molar-refractivity contribution is -0.154. The number of hydrogen-bond donors (Lipinski definition) is 1. The average Bonchev–Trinajstić information content (AvgIpc) is 2.06. The van der Waals surface area contributed by atoms with Crippen LogP contribution in [0.2, 0.25) is 0 Å². The van der Waals surface area contributed by atoms with Crippen LogP contribution >= 0.6 is 0 Å². The molecule has 2 unspecified atom stereocenters. The third-order valence-electron chi connectivity index (χ3n) is 3.63. The molecule has 0 aliphatic carbocycles. The summed E-state index contributed by atoms with van der Waals surface area (Å²) in [5.41, 5.74) is -0.983. The maximum Gasteiger partial charge on any atom is 0.321 e. The molecule has 0 saturated carbocycles. The van der Waals surface area contributed by atoms with E-state index < -0.39 is 27.7 Å². The lowest BCUT2D eigenvalue weighted by Gasteiger charge is -2.46. The minimum absolute atomic E-state index is 0.152. The van der Waals surface area contributed by atoms with Gasteiger partial charge in [-0.2, -0.15) is 0 Å². The number of ether oxygens (including phenoxy) is 1. The first-order chi connectivity index (χ1) is 9.23. The molecule has 1 heterocycles. The van der Waals surface area contributed by atoms with Crippen LogP contribution in [0.25, 0.3) is 0 Å². The first-order valence-corrected chi connectivity index (χ1v) is 8.45. The second-order valence-corrected chi connectivity index (χ2v) is 9.36. The summed E-state index contributed by atoms with van der Waals surface area (Å²) in [4.78, 5) is 12.3. The highest BCUT2D eigenvalue weighted by Crippen LogP contribution is 2.32. The lowest BCUT2D eigenvalue weighted by atomic mass is 9.81. The topological polar surface area (TPSA) is 78.5 Å². The molecular formula is C15H28NO4S-. The Kier molecular flexibility index (Phi) is 5.29. The molecule has 0 aromatic rings. The van der Waals surface area contributed by atoms with Crippen LogP contribution in [0.4, 0.5) is 0 Å². The molecule has 124 valence electrons. The predicted molar refractivity (Wildman–Crippen MR) is 82.6 cm³/mol. The zero-order chi connectivity index (χ0) is 16.6. The third kappa shape index (κ3) is 5.34. The van der Waals surface area contributed by atoms with Gasteiger partial charge in [-0.05, 0) is 44.2 Å². The van der Waals surface area contributed by atoms with Gasteiger partial charge in [-0.1, -0.05) is 20.8 Å². The molecule has 0 aromatic carbocycles. The molecule has 1 rings (SSSR count). The summed E-state index contributed by atoms with van der Waals surface area (Å²) in [7, 11) is 0. The van der Waals surface area contributed by atoms with Crippen molar-refractivity contribution in [3.8, 4) is 0 Å². The summed E-state index contributed by atoms with van der Waals surface area (Å²) in [5.74, 6) is -0.644. The maximum atomic E-state index is 12.3. The Bertz CT molecular complexity index is 410. The molecule has 21 heavy (non-hydrogen) atoms. The van der Waals surface area contributed by atoms with Crippen molar-refractivity contribution in [2.45, 2.75) is 83.7 Å². The molecule has 2 atom stereocenters. The van der Waals surface area contributed by atoms with Crippen molar-refractivity contribution in [1.29, 1.82) is 0 Å². The van der Waals surface area contributed by atoms with Crippen LogP contribution in [-0.2, 0) is 20.6 Å². The fraction of sp³-hybridized carbons (Fsp3) is 0.933. The number of carbonyl (C=O) groups is 1. The van der Waals surface area contributed by atoms with Gasteiger partial charge in [-0.15, -0.1) is 0 Å². The van der Waals surface area contributed by atoms with Crippen molar-refractivity contribution >= 4 is 17.0 Å². The van der Waals surface area contributed by atoms with Gasteiger partial charge in [-0.3, -0.25) is 9.00 Å². The normalized spacial score (nSPS) is 25.1. The Morgan fingerprint density at radius 1 is 1.24 bits per heavy atom. The van der Waals surface area contributed by atoms with Crippen molar-refractivity contribution in [2.75, 3.05) is 0 Å². The van der Waals surface area contributed by atoms with Crippen LogP contribution in [0.3, 0.4) is 0 Å². The smallest absolute Gasteiger partial charge is 0.321 e. The summed E-state index contributed by atoms with van der Waals surface area (Å²) in [6.45, 7) is 13.4. The number of piperidine rings is 1. The van der Waals surface area contributed by atoms with Crippen LogP contribution in [0.1, 0.15) is 61.3 Å². The first kappa shape index (κ1) is 18.6. The second-order valence-electron chi connectivity index (χ2n) is 8.37. The fourth-order valence-corrected chi connectivity index (χ4v) is 4.05. The van der Waals surface area contributed by atoms with Crippen molar-refractivity contribution in [3.05, 3.63) is 0 Å². The SMILES string of the molecule is CC1(C)CC(OC(=O)C(S(=O)[O-])C(C)(C)C)CC(C)(C)N1. The molecule has 5 nitrogen and oxygen atoms in total. The van der Waals surface area contributed by atoms with E-state index in [0.29, 0.717) is 12.8 Å². The Morgan fingerprint density at radius 3 is 2.00 bits per heavy atom. The van der Waals surface area contributed by atoms with E-state index in [-0.39, 0.29) is 17.2 Å². The zero-order valence-corrected chi connectivity index (χ0v) is 14.9. The Labute approximate surface area is 130 Å². The van der Waals surface area contributed by atoms with Crippen LogP contribution < -0.4 is 5.32 Å². The van der Waals surface area contributed by atoms with Gasteiger partial charge in [0.25, 0.3) is 0 Å². The van der Waals surface area contributed by atoms with E-state index in [9.17, 15) is 13.6 Å². The molecule has 1 N–H and O–H groups in total. The van der Waals surface area contributed by atoms with Crippen molar-refractivity contribution in [1.82, 2.24) is 5.32 Å². The summed E-state index contributed by atoms with van der Waals surface area (Å²) in [6, 6.07) is 0. The zero-order valence-electron chi connectivity index (χ0n) is 14.1. The lowest BCUT2D eigenvalue weighted by Crippen LogP contribution is -2.60. The molecule has 0 radical (unpaired) electrons. The molecule has 0 amide bonds. The van der Waals surface area contributed by atoms with E-state index in [1.54, 1.807) is 20.8 Å². The number of hydrogen-bond acceptors (Lipinski definition) is 5. The largest absolute Gasteiger partial charge is 0.772 e. The highest BCUT2D eigenvalue weighted by atomic mass is 32.2. The quantitative estimate of drug-likeness (QED) is 0.637. The highest BCUT2D eigenvalue weighted by molar-refractivity contribution is 7.80. The fourth-order valence-electron chi connectivity index (χ4n) is 3.26. The number of nitrogens with one attached hydrogen (secondary N) is 1. The number of esters is 1. The van der Waals surface area contributed by atoms with Crippen molar-refractivity contribution in [2.24, 2.45) is 5.41 Å². The predicted octanol–water partition coefficient (Wildman–Crippen LogP) is 2.13. The monoisotopic (exact) mass is 318 g/mol. The standard InChI is InChI=1S/C15H29NO4S/c1-13(2,3)11(21(18)19)12(17)20-10-8-14(4,5)16-15(6,7)9-10/h10-11,16H,8-9H2,1-7H3,(H,18,19)/p-1. The van der Waals surface area contributed by atoms with Crippen LogP contribution in [-0.4, -0.2) is 37.2 Å². The maximum absolute atomic E-state index is 12.3. The molecule has 0 aromatic heterocycles. The molecule has 1 saturated heterocycles. The van der Waals surface area contributed by atoms with Gasteiger partial charge in [-0.25, -0.2) is 0 Å². The summed E-state index contributed by atoms with van der Waals surface area (Å²) in [5, 5.41) is 2.36. The third-order valence-corrected chi connectivity index (χ3v) is 4.91. The van der Waals surface area contributed by atoms with Crippen molar-refractivity contribution in [3.63, 3.8) is 0 Å². The van der Waals surface area contributed by atoms with E-state index in [4.69, 9.17) is 4.74 Å². The minimum atomic E-state index is -2.49. The van der Waals surface area contributed by atoms with E-state index in [0.717, 1.165) is 0 Å². The van der Waals surface area contributed by atoms with Gasteiger partial charge in [0.05, 0.1) is 0 Å². The molecule has 1 fully saturated rings. The Balaban J connectivity index is 2.84. The van der Waals surface area contributed by atoms with Crippen LogP contribution in [0, 0.1) is 5.41 Å². The number of carbonyl (C=O) groups excluding carboxylic acids is 1. The summed E-state index contributed by atoms with van der Waals surface area (Å²) in [6.07, 6.45) is 1.08. The summed E-state index contributed by atoms with van der Waals surface area (Å²) < 4.78 is 28.3. The van der Waals surface area contributed by atoms with E-state index >= 15 is 0 Å². The molecular weight excluding hydrogens is 290 g/mol. The number of rotatable bonds is 3. The van der Waals surface area contributed by atoms with Crippen LogP contribution in [0.15, 0.2) is 0 Å². The molecule has 6 heteroatoms. The van der Waals surface area contributed by atoms with Gasteiger partial charge in [0.2, 0.25) is 0 Å². The van der Waals surface area contributed by atoms with Crippen LogP contribution in [0.5, 0.6) is 0 Å². The van der Waals surface area contributed by atoms with E-state index in [1.165, 1.54) is 0 Å². The molecule has 1 aliphatic rings. The first-order valence-electron chi connectivity index (χ1n) is 7.31. The average molecular weight is 318 g/mol. The molecule has 0 bridgehead atoms. The van der Waals surface area contributed by atoms with Gasteiger partial charge in [0.1, 0.15) is 11.4 Å². The summed E-state index contributed by atoms with van der Waals surface area (Å²) >= 11 is -2.49. The Morgan fingerprint density at radius 2 is 1.67 bits per heavy atom. The van der Waals surface area contributed by atoms with Gasteiger partial charge < -0.3 is 14.6 Å². The molecule has 0 spiro atoms. The van der Waals surface area contributed by atoms with E-state index in [1.807, 2.05) is 0 Å². The van der Waals surface area contributed by atoms with Crippen molar-refractivity contribution < 1.29 is 18.3 Å². The Hall–Kier alpha value is -0.460. The highest BCUT2D eigenvalue weighted by Gasteiger charge is 2.41. The van der Waals surface area contributed by atoms with Gasteiger partial charge in [0, 0.05) is 23.9 Å². The van der Waals surface area contributed by atoms with E-state index in [2.05, 4.69) is 33.0 Å². The van der Waals surface area contributed by atoms with Gasteiger partial charge in [0.15, 0.2) is 0 Å².